The van der Waals surface area contributed by atoms with Crippen molar-refractivity contribution in [2.75, 3.05) is 0 Å². The smallest absolute Gasteiger partial charge is 0.326 e. The Bertz CT molecular complexity index is 639. The number of carbonyl (C=O) groups excluding carboxylic acids is 1. The number of carbonyl (C=O) groups is 2. The van der Waals surface area contributed by atoms with E-state index in [9.17, 15) is 19.8 Å². The predicted molar refractivity (Wildman–Crippen MR) is 126 cm³/mol. The number of phenols is 1. The summed E-state index contributed by atoms with van der Waals surface area (Å²) in [6.07, 6.45) is 19.4. The van der Waals surface area contributed by atoms with Crippen LogP contribution in [0.15, 0.2) is 36.4 Å². The lowest BCUT2D eigenvalue weighted by Crippen LogP contribution is -2.42. The third-order valence-corrected chi connectivity index (χ3v) is 5.43. The molecule has 5 nitrogen and oxygen atoms in total. The minimum atomic E-state index is -1.04. The molecule has 0 bridgehead atoms. The zero-order chi connectivity index (χ0) is 22.7. The molecule has 1 rings (SSSR count). The predicted octanol–water partition coefficient (Wildman–Crippen LogP) is 6.15. The Labute approximate surface area is 188 Å². The molecule has 0 heterocycles. The summed E-state index contributed by atoms with van der Waals surface area (Å²) in [5.41, 5.74) is 0.761. The number of nitrogens with one attached hydrogen (secondary N) is 1. The first kappa shape index (κ1) is 26.7. The monoisotopic (exact) mass is 431 g/mol. The highest BCUT2D eigenvalue weighted by Gasteiger charge is 2.20. The van der Waals surface area contributed by atoms with Crippen LogP contribution in [0, 0.1) is 0 Å². The molecule has 5 heteroatoms. The molecule has 0 spiro atoms. The molecule has 0 saturated carbocycles. The Morgan fingerprint density at radius 2 is 1.42 bits per heavy atom. The topological polar surface area (TPSA) is 86.6 Å². The third-order valence-electron chi connectivity index (χ3n) is 5.43. The second kappa shape index (κ2) is 17.4. The zero-order valence-corrected chi connectivity index (χ0v) is 19.2. The van der Waals surface area contributed by atoms with Crippen molar-refractivity contribution in [1.29, 1.82) is 0 Å². The van der Waals surface area contributed by atoms with E-state index >= 15 is 0 Å². The number of hydrogen-bond acceptors (Lipinski definition) is 3. The number of aliphatic carboxylic acids is 1. The van der Waals surface area contributed by atoms with Gasteiger partial charge in [-0.25, -0.2) is 4.79 Å². The number of aromatic hydroxyl groups is 1. The van der Waals surface area contributed by atoms with E-state index in [-0.39, 0.29) is 18.1 Å². The van der Waals surface area contributed by atoms with Crippen LogP contribution in [0.2, 0.25) is 0 Å². The van der Waals surface area contributed by atoms with Crippen LogP contribution in [0.25, 0.3) is 0 Å². The second-order valence-electron chi connectivity index (χ2n) is 8.31. The van der Waals surface area contributed by atoms with Gasteiger partial charge in [0, 0.05) is 12.8 Å². The maximum atomic E-state index is 12.1. The summed E-state index contributed by atoms with van der Waals surface area (Å²) < 4.78 is 0. The van der Waals surface area contributed by atoms with Gasteiger partial charge >= 0.3 is 5.97 Å². The number of unbranched alkanes of at least 4 members (excludes halogenated alkanes) is 10. The maximum Gasteiger partial charge on any atom is 0.326 e. The molecule has 0 saturated heterocycles. The number of amides is 1. The highest BCUT2D eigenvalue weighted by molar-refractivity contribution is 5.83. The van der Waals surface area contributed by atoms with Crippen LogP contribution in [-0.4, -0.2) is 28.1 Å². The standard InChI is InChI=1S/C26H41NO4/c1-2-3-4-5-6-7-8-9-10-11-12-13-14-15-16-25(29)27-24(26(30)31)21-22-17-19-23(28)20-18-22/h7-8,17-20,24,28H,2-6,9-16,21H2,1H3,(H,27,29)(H,30,31)/t24-/m0/s1. The van der Waals surface area contributed by atoms with Crippen molar-refractivity contribution >= 4 is 11.9 Å². The fraction of sp³-hybridized carbons (Fsp3) is 0.615. The van der Waals surface area contributed by atoms with Gasteiger partial charge in [-0.1, -0.05) is 76.2 Å². The van der Waals surface area contributed by atoms with E-state index in [0.29, 0.717) is 6.42 Å². The lowest BCUT2D eigenvalue weighted by atomic mass is 10.0. The largest absolute Gasteiger partial charge is 0.508 e. The van der Waals surface area contributed by atoms with Gasteiger partial charge < -0.3 is 15.5 Å². The fourth-order valence-corrected chi connectivity index (χ4v) is 3.51. The number of hydrogen-bond donors (Lipinski definition) is 3. The molecule has 0 aliphatic rings. The van der Waals surface area contributed by atoms with E-state index in [1.54, 1.807) is 12.1 Å². The molecule has 0 aliphatic carbocycles. The summed E-state index contributed by atoms with van der Waals surface area (Å²) in [6, 6.07) is 5.42. The van der Waals surface area contributed by atoms with E-state index in [1.165, 1.54) is 63.5 Å². The number of allylic oxidation sites excluding steroid dienone is 2. The fourth-order valence-electron chi connectivity index (χ4n) is 3.51. The first-order valence-corrected chi connectivity index (χ1v) is 12.0. The normalized spacial score (nSPS) is 12.2. The molecule has 31 heavy (non-hydrogen) atoms. The van der Waals surface area contributed by atoms with Gasteiger partial charge in [-0.2, -0.15) is 0 Å². The van der Waals surface area contributed by atoms with Gasteiger partial charge in [0.2, 0.25) is 5.91 Å². The van der Waals surface area contributed by atoms with E-state index in [1.807, 2.05) is 0 Å². The summed E-state index contributed by atoms with van der Waals surface area (Å²) in [6.45, 7) is 2.24. The van der Waals surface area contributed by atoms with Crippen molar-refractivity contribution < 1.29 is 19.8 Å². The van der Waals surface area contributed by atoms with Crippen molar-refractivity contribution in [3.8, 4) is 5.75 Å². The molecule has 1 aromatic carbocycles. The van der Waals surface area contributed by atoms with E-state index in [4.69, 9.17) is 0 Å². The molecule has 174 valence electrons. The molecular weight excluding hydrogens is 390 g/mol. The Morgan fingerprint density at radius 3 is 2.00 bits per heavy atom. The average Bonchev–Trinajstić information content (AvgIpc) is 2.75. The highest BCUT2D eigenvalue weighted by Crippen LogP contribution is 2.12. The lowest BCUT2D eigenvalue weighted by Gasteiger charge is -2.14. The molecule has 0 unspecified atom stereocenters. The summed E-state index contributed by atoms with van der Waals surface area (Å²) in [7, 11) is 0. The minimum Gasteiger partial charge on any atom is -0.508 e. The maximum absolute atomic E-state index is 12.1. The van der Waals surface area contributed by atoms with Gasteiger partial charge in [0.25, 0.3) is 0 Å². The van der Waals surface area contributed by atoms with E-state index in [0.717, 1.165) is 31.2 Å². The summed E-state index contributed by atoms with van der Waals surface area (Å²) >= 11 is 0. The van der Waals surface area contributed by atoms with Crippen LogP contribution in [0.1, 0.15) is 96.0 Å². The Balaban J connectivity index is 2.05. The molecule has 1 aromatic rings. The molecule has 0 fully saturated rings. The van der Waals surface area contributed by atoms with Crippen molar-refractivity contribution in [1.82, 2.24) is 5.32 Å². The molecule has 0 radical (unpaired) electrons. The zero-order valence-electron chi connectivity index (χ0n) is 19.2. The van der Waals surface area contributed by atoms with Crippen molar-refractivity contribution in [2.24, 2.45) is 0 Å². The van der Waals surface area contributed by atoms with E-state index in [2.05, 4.69) is 24.4 Å². The van der Waals surface area contributed by atoms with Gasteiger partial charge in [0.15, 0.2) is 0 Å². The van der Waals surface area contributed by atoms with Crippen LogP contribution >= 0.6 is 0 Å². The van der Waals surface area contributed by atoms with Gasteiger partial charge in [0.1, 0.15) is 11.8 Å². The molecule has 1 amide bonds. The average molecular weight is 432 g/mol. The van der Waals surface area contributed by atoms with Crippen LogP contribution in [0.5, 0.6) is 5.75 Å². The second-order valence-corrected chi connectivity index (χ2v) is 8.31. The number of phenolic OH excluding ortho intramolecular Hbond substituents is 1. The molecule has 0 aliphatic heterocycles. The Hall–Kier alpha value is -2.30. The van der Waals surface area contributed by atoms with Gasteiger partial charge in [-0.15, -0.1) is 0 Å². The number of benzene rings is 1. The van der Waals surface area contributed by atoms with Crippen molar-refractivity contribution in [3.05, 3.63) is 42.0 Å². The van der Waals surface area contributed by atoms with Crippen LogP contribution in [0.4, 0.5) is 0 Å². The van der Waals surface area contributed by atoms with Crippen LogP contribution in [0.3, 0.4) is 0 Å². The van der Waals surface area contributed by atoms with E-state index < -0.39 is 12.0 Å². The Kier molecular flexibility index (Phi) is 15.0. The summed E-state index contributed by atoms with van der Waals surface area (Å²) in [5.74, 6) is -1.12. The van der Waals surface area contributed by atoms with Crippen molar-refractivity contribution in [3.63, 3.8) is 0 Å². The summed E-state index contributed by atoms with van der Waals surface area (Å²) in [5, 5.41) is 21.3. The molecule has 1 atom stereocenters. The molecule has 0 aromatic heterocycles. The SMILES string of the molecule is CCCCCCC=CCCCCCCCCC(=O)N[C@@H](Cc1ccc(O)cc1)C(=O)O. The van der Waals surface area contributed by atoms with Gasteiger partial charge in [-0.05, 0) is 49.8 Å². The Morgan fingerprint density at radius 1 is 0.871 bits per heavy atom. The summed E-state index contributed by atoms with van der Waals surface area (Å²) in [4.78, 5) is 23.5. The third kappa shape index (κ3) is 14.4. The molecular formula is C26H41NO4. The lowest BCUT2D eigenvalue weighted by molar-refractivity contribution is -0.141. The highest BCUT2D eigenvalue weighted by atomic mass is 16.4. The quantitative estimate of drug-likeness (QED) is 0.192. The first-order chi connectivity index (χ1) is 15.0. The number of carboxylic acids is 1. The van der Waals surface area contributed by atoms with Crippen molar-refractivity contribution in [2.45, 2.75) is 103 Å². The molecule has 3 N–H and O–H groups in total. The van der Waals surface area contributed by atoms with Crippen LogP contribution < -0.4 is 5.32 Å². The van der Waals surface area contributed by atoms with Gasteiger partial charge in [-0.3, -0.25) is 4.79 Å². The minimum absolute atomic E-state index is 0.133. The van der Waals surface area contributed by atoms with Gasteiger partial charge in [0.05, 0.1) is 0 Å². The number of carboxylic acid groups (broad SMARTS) is 1. The number of rotatable bonds is 18. The van der Waals surface area contributed by atoms with Crippen LogP contribution in [-0.2, 0) is 16.0 Å². The first-order valence-electron chi connectivity index (χ1n) is 12.0.